The average Bonchev–Trinajstić information content (AvgIpc) is 2.77. The number of hydrogen-bond donors (Lipinski definition) is 2. The van der Waals surface area contributed by atoms with E-state index in [2.05, 4.69) is 25.5 Å². The minimum Gasteiger partial charge on any atom is -0.408 e. The van der Waals surface area contributed by atoms with Crippen LogP contribution in [0.1, 0.15) is 17.3 Å². The normalized spacial score (nSPS) is 10.5. The van der Waals surface area contributed by atoms with Crippen molar-refractivity contribution < 1.29 is 4.42 Å². The minimum absolute atomic E-state index is 0.371. The highest BCUT2D eigenvalue weighted by atomic mass is 16.4. The number of hydrogen-bond acceptors (Lipinski definition) is 7. The molecule has 2 heterocycles. The molecule has 0 aliphatic heterocycles. The summed E-state index contributed by atoms with van der Waals surface area (Å²) in [4.78, 5) is 8.34. The first-order chi connectivity index (χ1) is 8.28. The quantitative estimate of drug-likeness (QED) is 0.765. The first-order valence-electron chi connectivity index (χ1n) is 5.32. The summed E-state index contributed by atoms with van der Waals surface area (Å²) in [5.74, 6) is 0.532. The molecule has 2 aromatic rings. The summed E-state index contributed by atoms with van der Waals surface area (Å²) in [5, 5.41) is 10.6. The summed E-state index contributed by atoms with van der Waals surface area (Å²) in [6.07, 6.45) is 4.00. The maximum absolute atomic E-state index is 5.38. The van der Waals surface area contributed by atoms with E-state index in [4.69, 9.17) is 10.2 Å². The number of anilines is 1. The molecule has 7 nitrogen and oxygen atoms in total. The summed E-state index contributed by atoms with van der Waals surface area (Å²) in [6, 6.07) is 0.371. The summed E-state index contributed by atoms with van der Waals surface area (Å²) < 4.78 is 5.31. The highest BCUT2D eigenvalue weighted by Gasteiger charge is 2.04. The van der Waals surface area contributed by atoms with E-state index in [0.717, 1.165) is 11.4 Å². The molecule has 0 unspecified atom stereocenters. The van der Waals surface area contributed by atoms with Gasteiger partial charge in [0.1, 0.15) is 0 Å². The van der Waals surface area contributed by atoms with Gasteiger partial charge in [-0.25, -0.2) is 0 Å². The number of nitrogens with two attached hydrogens (primary N) is 1. The SMILES string of the molecule is Cc1cnc(CNc2nnc(CCN)o2)cn1. The zero-order valence-corrected chi connectivity index (χ0v) is 9.55. The number of nitrogens with one attached hydrogen (secondary N) is 1. The van der Waals surface area contributed by atoms with Crippen molar-refractivity contribution in [2.45, 2.75) is 19.9 Å². The van der Waals surface area contributed by atoms with Gasteiger partial charge in [0.25, 0.3) is 0 Å². The second kappa shape index (κ2) is 5.35. The van der Waals surface area contributed by atoms with Gasteiger partial charge in [-0.3, -0.25) is 9.97 Å². The third-order valence-electron chi connectivity index (χ3n) is 2.08. The van der Waals surface area contributed by atoms with Crippen LogP contribution >= 0.6 is 0 Å². The van der Waals surface area contributed by atoms with E-state index in [-0.39, 0.29) is 0 Å². The molecule has 7 heteroatoms. The molecule has 0 saturated heterocycles. The molecule has 0 fully saturated rings. The van der Waals surface area contributed by atoms with Crippen LogP contribution in [0.25, 0.3) is 0 Å². The number of aromatic nitrogens is 4. The Morgan fingerprint density at radius 3 is 2.88 bits per heavy atom. The number of aryl methyl sites for hydroxylation is 1. The Labute approximate surface area is 98.5 Å². The molecule has 0 aromatic carbocycles. The summed E-state index contributed by atoms with van der Waals surface area (Å²) in [7, 11) is 0. The molecule has 17 heavy (non-hydrogen) atoms. The molecule has 0 bridgehead atoms. The first-order valence-corrected chi connectivity index (χ1v) is 5.32. The average molecular weight is 234 g/mol. The van der Waals surface area contributed by atoms with Crippen LogP contribution in [0, 0.1) is 6.92 Å². The molecule has 2 aromatic heterocycles. The summed E-state index contributed by atoms with van der Waals surface area (Å²) in [6.45, 7) is 2.88. The van der Waals surface area contributed by atoms with Gasteiger partial charge in [-0.15, -0.1) is 5.10 Å². The predicted octanol–water partition coefficient (Wildman–Crippen LogP) is 0.281. The van der Waals surface area contributed by atoms with Crippen molar-refractivity contribution in [3.63, 3.8) is 0 Å². The van der Waals surface area contributed by atoms with Crippen molar-refractivity contribution in [3.8, 4) is 0 Å². The van der Waals surface area contributed by atoms with Gasteiger partial charge in [0.15, 0.2) is 0 Å². The second-order valence-electron chi connectivity index (χ2n) is 3.54. The van der Waals surface area contributed by atoms with Crippen molar-refractivity contribution in [2.24, 2.45) is 5.73 Å². The van der Waals surface area contributed by atoms with Gasteiger partial charge < -0.3 is 15.5 Å². The highest BCUT2D eigenvalue weighted by Crippen LogP contribution is 2.06. The molecule has 2 rings (SSSR count). The largest absolute Gasteiger partial charge is 0.408 e. The van der Waals surface area contributed by atoms with Gasteiger partial charge in [-0.2, -0.15) is 0 Å². The van der Waals surface area contributed by atoms with Gasteiger partial charge in [0.05, 0.1) is 24.1 Å². The zero-order chi connectivity index (χ0) is 12.1. The van der Waals surface area contributed by atoms with Crippen LogP contribution in [-0.4, -0.2) is 26.7 Å². The van der Waals surface area contributed by atoms with Crippen molar-refractivity contribution in [3.05, 3.63) is 29.7 Å². The molecule has 0 radical (unpaired) electrons. The monoisotopic (exact) mass is 234 g/mol. The number of nitrogens with zero attached hydrogens (tertiary/aromatic N) is 4. The topological polar surface area (TPSA) is 103 Å². The molecule has 3 N–H and O–H groups in total. The lowest BCUT2D eigenvalue weighted by atomic mass is 10.4. The zero-order valence-electron chi connectivity index (χ0n) is 9.55. The Morgan fingerprint density at radius 2 is 2.18 bits per heavy atom. The van der Waals surface area contributed by atoms with Gasteiger partial charge in [-0.05, 0) is 6.92 Å². The maximum Gasteiger partial charge on any atom is 0.315 e. The molecule has 0 aliphatic carbocycles. The van der Waals surface area contributed by atoms with Gasteiger partial charge in [0.2, 0.25) is 5.89 Å². The fourth-order valence-electron chi connectivity index (χ4n) is 1.23. The first kappa shape index (κ1) is 11.5. The summed E-state index contributed by atoms with van der Waals surface area (Å²) >= 11 is 0. The maximum atomic E-state index is 5.38. The van der Waals surface area contributed by atoms with Crippen molar-refractivity contribution in [1.82, 2.24) is 20.2 Å². The van der Waals surface area contributed by atoms with Crippen LogP contribution in [0.4, 0.5) is 6.01 Å². The van der Waals surface area contributed by atoms with Gasteiger partial charge >= 0.3 is 6.01 Å². The Bertz CT molecular complexity index is 466. The molecule has 0 saturated carbocycles. The van der Waals surface area contributed by atoms with Crippen LogP contribution < -0.4 is 11.1 Å². The lowest BCUT2D eigenvalue weighted by molar-refractivity contribution is 0.505. The summed E-state index contributed by atoms with van der Waals surface area (Å²) in [5.41, 5.74) is 7.08. The lowest BCUT2D eigenvalue weighted by Crippen LogP contribution is -2.03. The van der Waals surface area contributed by atoms with E-state index >= 15 is 0 Å². The lowest BCUT2D eigenvalue weighted by Gasteiger charge is -2.00. The minimum atomic E-state index is 0.371. The van der Waals surface area contributed by atoms with Crippen molar-refractivity contribution in [1.29, 1.82) is 0 Å². The fraction of sp³-hybridized carbons (Fsp3) is 0.400. The molecular formula is C10H14N6O. The van der Waals surface area contributed by atoms with Crippen LogP contribution in [0.5, 0.6) is 0 Å². The van der Waals surface area contributed by atoms with Crippen LogP contribution in [0.15, 0.2) is 16.8 Å². The Hall–Kier alpha value is -2.02. The van der Waals surface area contributed by atoms with E-state index in [1.165, 1.54) is 0 Å². The fourth-order valence-corrected chi connectivity index (χ4v) is 1.23. The predicted molar refractivity (Wildman–Crippen MR) is 61.2 cm³/mol. The third kappa shape index (κ3) is 3.22. The molecule has 0 aliphatic rings. The van der Waals surface area contributed by atoms with Crippen molar-refractivity contribution in [2.75, 3.05) is 11.9 Å². The second-order valence-corrected chi connectivity index (χ2v) is 3.54. The Balaban J connectivity index is 1.90. The Kier molecular flexibility index (Phi) is 3.61. The highest BCUT2D eigenvalue weighted by molar-refractivity contribution is 5.19. The van der Waals surface area contributed by atoms with Crippen LogP contribution in [-0.2, 0) is 13.0 Å². The van der Waals surface area contributed by atoms with Crippen LogP contribution in [0.3, 0.4) is 0 Å². The van der Waals surface area contributed by atoms with Crippen molar-refractivity contribution >= 4 is 6.01 Å². The smallest absolute Gasteiger partial charge is 0.315 e. The van der Waals surface area contributed by atoms with E-state index in [9.17, 15) is 0 Å². The van der Waals surface area contributed by atoms with E-state index < -0.39 is 0 Å². The van der Waals surface area contributed by atoms with E-state index in [1.54, 1.807) is 12.4 Å². The third-order valence-corrected chi connectivity index (χ3v) is 2.08. The molecule has 0 spiro atoms. The molecular weight excluding hydrogens is 220 g/mol. The standard InChI is InChI=1S/C10H14N6O/c1-7-4-13-8(5-12-7)6-14-10-16-15-9(17-10)2-3-11/h4-5H,2-3,6,11H2,1H3,(H,14,16). The molecule has 0 amide bonds. The Morgan fingerprint density at radius 1 is 1.29 bits per heavy atom. The molecule has 90 valence electrons. The van der Waals surface area contributed by atoms with E-state index in [1.807, 2.05) is 6.92 Å². The van der Waals surface area contributed by atoms with Gasteiger partial charge in [0, 0.05) is 19.2 Å². The van der Waals surface area contributed by atoms with Gasteiger partial charge in [-0.1, -0.05) is 5.10 Å². The van der Waals surface area contributed by atoms with E-state index in [0.29, 0.717) is 31.4 Å². The van der Waals surface area contributed by atoms with Crippen LogP contribution in [0.2, 0.25) is 0 Å². The molecule has 0 atom stereocenters. The number of rotatable bonds is 5.